The maximum atomic E-state index is 12.1. The first kappa shape index (κ1) is 17.0. The van der Waals surface area contributed by atoms with Gasteiger partial charge in [-0.3, -0.25) is 4.79 Å². The number of nitrogens with two attached hydrogens (primary N) is 1. The van der Waals surface area contributed by atoms with Crippen LogP contribution in [0.3, 0.4) is 0 Å². The van der Waals surface area contributed by atoms with Crippen molar-refractivity contribution < 1.29 is 9.53 Å². The highest BCUT2D eigenvalue weighted by Gasteiger charge is 2.27. The van der Waals surface area contributed by atoms with Gasteiger partial charge in [-0.25, -0.2) is 0 Å². The summed E-state index contributed by atoms with van der Waals surface area (Å²) < 4.78 is 5.41. The molecule has 1 saturated carbocycles. The molecule has 1 aromatic heterocycles. The van der Waals surface area contributed by atoms with Gasteiger partial charge in [0, 0.05) is 25.7 Å². The maximum absolute atomic E-state index is 12.1. The van der Waals surface area contributed by atoms with Crippen molar-refractivity contribution in [3.05, 3.63) is 11.4 Å². The van der Waals surface area contributed by atoms with Crippen LogP contribution in [0.25, 0.3) is 0 Å². The molecule has 1 saturated heterocycles. The van der Waals surface area contributed by atoms with E-state index in [9.17, 15) is 4.79 Å². The Balaban J connectivity index is 1.39. The van der Waals surface area contributed by atoms with Gasteiger partial charge in [-0.1, -0.05) is 0 Å². The number of nitrogens with one attached hydrogen (secondary N) is 1. The van der Waals surface area contributed by atoms with Crippen molar-refractivity contribution in [1.29, 1.82) is 0 Å². The van der Waals surface area contributed by atoms with Crippen molar-refractivity contribution in [1.82, 2.24) is 20.2 Å². The summed E-state index contributed by atoms with van der Waals surface area (Å²) in [6.07, 6.45) is 4.80. The first-order valence-electron chi connectivity index (χ1n) is 8.76. The molecule has 132 valence electrons. The lowest BCUT2D eigenvalue weighted by atomic mass is 10.0. The molecule has 0 spiro atoms. The van der Waals surface area contributed by atoms with E-state index in [1.165, 1.54) is 19.4 Å². The number of ether oxygens (including phenoxy) is 1. The molecule has 0 unspecified atom stereocenters. The van der Waals surface area contributed by atoms with Crippen LogP contribution in [0, 0.1) is 19.8 Å². The Morgan fingerprint density at radius 1 is 1.21 bits per heavy atom. The van der Waals surface area contributed by atoms with Crippen LogP contribution in [-0.4, -0.2) is 53.1 Å². The quantitative estimate of drug-likeness (QED) is 0.808. The first-order chi connectivity index (χ1) is 11.5. The van der Waals surface area contributed by atoms with Gasteiger partial charge in [0.15, 0.2) is 6.61 Å². The lowest BCUT2D eigenvalue weighted by Gasteiger charge is -2.32. The van der Waals surface area contributed by atoms with Crippen molar-refractivity contribution >= 4 is 11.6 Å². The molecule has 2 fully saturated rings. The Kier molecular flexibility index (Phi) is 5.18. The Morgan fingerprint density at radius 3 is 2.42 bits per heavy atom. The number of likely N-dealkylation sites (tertiary alicyclic amines) is 1. The standard InChI is InChI=1S/C17H27N5O2/c1-11-16(18)12(2)20-17(19-11)24-10-15(23)21-14-5-7-22(8-6-14)9-13-3-4-13/h13-14H,3-10,18H2,1-2H3,(H,21,23). The van der Waals surface area contributed by atoms with Crippen LogP contribution in [0.1, 0.15) is 37.1 Å². The van der Waals surface area contributed by atoms with Crippen LogP contribution in [0.15, 0.2) is 0 Å². The molecule has 2 heterocycles. The van der Waals surface area contributed by atoms with E-state index >= 15 is 0 Å². The second-order valence-corrected chi connectivity index (χ2v) is 6.97. The first-order valence-corrected chi connectivity index (χ1v) is 8.76. The molecule has 0 bridgehead atoms. The van der Waals surface area contributed by atoms with Gasteiger partial charge in [0.2, 0.25) is 0 Å². The Bertz CT molecular complexity index is 572. The number of hydrogen-bond acceptors (Lipinski definition) is 6. The second-order valence-electron chi connectivity index (χ2n) is 6.97. The third-order valence-corrected chi connectivity index (χ3v) is 4.80. The van der Waals surface area contributed by atoms with E-state index in [1.54, 1.807) is 13.8 Å². The third-order valence-electron chi connectivity index (χ3n) is 4.80. The van der Waals surface area contributed by atoms with Crippen molar-refractivity contribution in [3.8, 4) is 6.01 Å². The number of nitrogen functional groups attached to an aromatic ring is 1. The van der Waals surface area contributed by atoms with E-state index in [0.717, 1.165) is 31.8 Å². The van der Waals surface area contributed by atoms with E-state index in [-0.39, 0.29) is 24.6 Å². The molecule has 24 heavy (non-hydrogen) atoms. The number of aromatic nitrogens is 2. The van der Waals surface area contributed by atoms with Gasteiger partial charge in [0.25, 0.3) is 5.91 Å². The third kappa shape index (κ3) is 4.56. The molecule has 0 radical (unpaired) electrons. The number of amides is 1. The molecular weight excluding hydrogens is 306 g/mol. The number of rotatable bonds is 6. The molecule has 1 aliphatic carbocycles. The molecule has 1 aromatic rings. The molecule has 0 aromatic carbocycles. The smallest absolute Gasteiger partial charge is 0.317 e. The molecular formula is C17H27N5O2. The zero-order chi connectivity index (χ0) is 17.1. The summed E-state index contributed by atoms with van der Waals surface area (Å²) in [5.74, 6) is 0.808. The predicted molar refractivity (Wildman–Crippen MR) is 91.7 cm³/mol. The Labute approximate surface area is 143 Å². The molecule has 3 rings (SSSR count). The summed E-state index contributed by atoms with van der Waals surface area (Å²) in [6, 6.07) is 0.445. The summed E-state index contributed by atoms with van der Waals surface area (Å²) in [5.41, 5.74) is 7.71. The zero-order valence-corrected chi connectivity index (χ0v) is 14.5. The summed E-state index contributed by atoms with van der Waals surface area (Å²) in [5, 5.41) is 3.05. The molecule has 0 atom stereocenters. The predicted octanol–water partition coefficient (Wildman–Crippen LogP) is 1.05. The molecule has 1 amide bonds. The molecule has 7 nitrogen and oxygen atoms in total. The van der Waals surface area contributed by atoms with Gasteiger partial charge >= 0.3 is 6.01 Å². The maximum Gasteiger partial charge on any atom is 0.317 e. The number of carbonyl (C=O) groups excluding carboxylic acids is 1. The molecule has 1 aliphatic heterocycles. The van der Waals surface area contributed by atoms with Gasteiger partial charge < -0.3 is 20.7 Å². The lowest BCUT2D eigenvalue weighted by Crippen LogP contribution is -2.46. The fourth-order valence-electron chi connectivity index (χ4n) is 3.08. The zero-order valence-electron chi connectivity index (χ0n) is 14.5. The van der Waals surface area contributed by atoms with Crippen LogP contribution in [0.5, 0.6) is 6.01 Å². The van der Waals surface area contributed by atoms with E-state index in [0.29, 0.717) is 17.1 Å². The normalized spacial score (nSPS) is 19.2. The number of hydrogen-bond donors (Lipinski definition) is 2. The Morgan fingerprint density at radius 2 is 1.83 bits per heavy atom. The number of aryl methyl sites for hydroxylation is 2. The van der Waals surface area contributed by atoms with E-state index in [4.69, 9.17) is 10.5 Å². The highest BCUT2D eigenvalue weighted by molar-refractivity contribution is 5.77. The minimum atomic E-state index is -0.119. The lowest BCUT2D eigenvalue weighted by molar-refractivity contribution is -0.124. The average molecular weight is 333 g/mol. The number of piperidine rings is 1. The van der Waals surface area contributed by atoms with Gasteiger partial charge in [-0.05, 0) is 45.4 Å². The number of carbonyl (C=O) groups is 1. The van der Waals surface area contributed by atoms with Gasteiger partial charge in [0.05, 0.1) is 17.1 Å². The van der Waals surface area contributed by atoms with Crippen LogP contribution >= 0.6 is 0 Å². The Hall–Kier alpha value is -1.89. The SMILES string of the molecule is Cc1nc(OCC(=O)NC2CCN(CC3CC3)CC2)nc(C)c1N. The van der Waals surface area contributed by atoms with E-state index in [1.807, 2.05) is 0 Å². The van der Waals surface area contributed by atoms with Crippen LogP contribution in [0.4, 0.5) is 5.69 Å². The monoisotopic (exact) mass is 333 g/mol. The largest absolute Gasteiger partial charge is 0.453 e. The fourth-order valence-corrected chi connectivity index (χ4v) is 3.08. The van der Waals surface area contributed by atoms with Crippen molar-refractivity contribution in [3.63, 3.8) is 0 Å². The summed E-state index contributed by atoms with van der Waals surface area (Å²) >= 11 is 0. The summed E-state index contributed by atoms with van der Waals surface area (Å²) in [4.78, 5) is 22.9. The average Bonchev–Trinajstić information content (AvgIpc) is 3.36. The highest BCUT2D eigenvalue weighted by Crippen LogP contribution is 2.30. The fraction of sp³-hybridized carbons (Fsp3) is 0.706. The van der Waals surface area contributed by atoms with Crippen LogP contribution < -0.4 is 15.8 Å². The van der Waals surface area contributed by atoms with E-state index < -0.39 is 0 Å². The van der Waals surface area contributed by atoms with Crippen LogP contribution in [-0.2, 0) is 4.79 Å². The van der Waals surface area contributed by atoms with Crippen molar-refractivity contribution in [2.75, 3.05) is 32.0 Å². The number of anilines is 1. The second kappa shape index (κ2) is 7.34. The topological polar surface area (TPSA) is 93.4 Å². The molecule has 3 N–H and O–H groups in total. The molecule has 2 aliphatic rings. The van der Waals surface area contributed by atoms with E-state index in [2.05, 4.69) is 20.2 Å². The van der Waals surface area contributed by atoms with Crippen LogP contribution in [0.2, 0.25) is 0 Å². The minimum absolute atomic E-state index is 0.0644. The van der Waals surface area contributed by atoms with Gasteiger partial charge in [-0.15, -0.1) is 0 Å². The summed E-state index contributed by atoms with van der Waals surface area (Å²) in [6.45, 7) is 6.91. The highest BCUT2D eigenvalue weighted by atomic mass is 16.5. The minimum Gasteiger partial charge on any atom is -0.453 e. The van der Waals surface area contributed by atoms with Crippen molar-refractivity contribution in [2.45, 2.75) is 45.6 Å². The van der Waals surface area contributed by atoms with Gasteiger partial charge in [-0.2, -0.15) is 9.97 Å². The van der Waals surface area contributed by atoms with Gasteiger partial charge in [0.1, 0.15) is 0 Å². The molecule has 7 heteroatoms. The summed E-state index contributed by atoms with van der Waals surface area (Å²) in [7, 11) is 0. The number of nitrogens with zero attached hydrogens (tertiary/aromatic N) is 3. The van der Waals surface area contributed by atoms with Crippen molar-refractivity contribution in [2.24, 2.45) is 5.92 Å².